The molecule has 0 aliphatic carbocycles. The van der Waals surface area contributed by atoms with Crippen molar-refractivity contribution in [3.05, 3.63) is 29.3 Å². The van der Waals surface area contributed by atoms with Crippen LogP contribution in [0.1, 0.15) is 24.0 Å². The number of benzene rings is 1. The van der Waals surface area contributed by atoms with E-state index in [1.165, 1.54) is 6.07 Å². The van der Waals surface area contributed by atoms with Gasteiger partial charge >= 0.3 is 12.1 Å². The number of aryl methyl sites for hydroxylation is 1. The number of anilines is 1. The van der Waals surface area contributed by atoms with Gasteiger partial charge in [-0.25, -0.2) is 0 Å². The summed E-state index contributed by atoms with van der Waals surface area (Å²) in [5.74, 6) is -2.15. The van der Waals surface area contributed by atoms with Crippen LogP contribution in [-0.4, -0.2) is 23.5 Å². The van der Waals surface area contributed by atoms with Crippen LogP contribution in [0.25, 0.3) is 0 Å². The number of aliphatic carboxylic acids is 1. The lowest BCUT2D eigenvalue weighted by Gasteiger charge is -2.32. The van der Waals surface area contributed by atoms with Crippen molar-refractivity contribution in [3.63, 3.8) is 0 Å². The lowest BCUT2D eigenvalue weighted by Crippen LogP contribution is -2.43. The Labute approximate surface area is 119 Å². The van der Waals surface area contributed by atoms with Gasteiger partial charge in [0.1, 0.15) is 0 Å². The third-order valence-electron chi connectivity index (χ3n) is 3.59. The third kappa shape index (κ3) is 3.17. The Balaban J connectivity index is 2.39. The fourth-order valence-corrected chi connectivity index (χ4v) is 2.36. The third-order valence-corrected chi connectivity index (χ3v) is 3.59. The molecule has 2 rings (SSSR count). The van der Waals surface area contributed by atoms with Crippen LogP contribution in [0.3, 0.4) is 0 Å². The lowest BCUT2D eigenvalue weighted by atomic mass is 9.96. The van der Waals surface area contributed by atoms with Crippen LogP contribution in [0.15, 0.2) is 18.2 Å². The second kappa shape index (κ2) is 5.38. The summed E-state index contributed by atoms with van der Waals surface area (Å²) in [4.78, 5) is 24.1. The Hall–Kier alpha value is -2.05. The summed E-state index contributed by atoms with van der Waals surface area (Å²) in [6, 6.07) is 3.13. The highest BCUT2D eigenvalue weighted by molar-refractivity contribution is 5.96. The molecule has 0 aromatic heterocycles. The number of hydrogen-bond donors (Lipinski definition) is 1. The number of carboxylic acid groups (broad SMARTS) is 1. The molecule has 114 valence electrons. The predicted octanol–water partition coefficient (Wildman–Crippen LogP) is 2.84. The minimum atomic E-state index is -4.51. The summed E-state index contributed by atoms with van der Waals surface area (Å²) >= 11 is 0. The van der Waals surface area contributed by atoms with E-state index in [4.69, 9.17) is 5.11 Å². The number of piperidine rings is 1. The molecule has 1 heterocycles. The number of carboxylic acids is 1. The first-order valence-electron chi connectivity index (χ1n) is 6.41. The molecule has 1 aliphatic rings. The van der Waals surface area contributed by atoms with Crippen LogP contribution in [0.5, 0.6) is 0 Å². The molecule has 1 atom stereocenters. The first-order valence-corrected chi connectivity index (χ1v) is 6.41. The van der Waals surface area contributed by atoms with Gasteiger partial charge in [0, 0.05) is 18.7 Å². The molecule has 0 spiro atoms. The molecular formula is C14H14F3NO3. The van der Waals surface area contributed by atoms with Crippen LogP contribution >= 0.6 is 0 Å². The first kappa shape index (κ1) is 15.3. The molecule has 1 saturated heterocycles. The predicted molar refractivity (Wildman–Crippen MR) is 68.9 cm³/mol. The second-order valence-electron chi connectivity index (χ2n) is 5.08. The standard InChI is InChI=1S/C14H14F3NO3/c1-8-2-4-10(14(15,16)17)6-11(8)18-7-9(13(20)21)3-5-12(18)19/h2,4,6,9H,3,5,7H2,1H3,(H,20,21). The molecule has 21 heavy (non-hydrogen) atoms. The molecule has 0 radical (unpaired) electrons. The Morgan fingerprint density at radius 1 is 1.38 bits per heavy atom. The summed E-state index contributed by atoms with van der Waals surface area (Å²) in [6.45, 7) is 1.49. The smallest absolute Gasteiger partial charge is 0.416 e. The van der Waals surface area contributed by atoms with E-state index in [2.05, 4.69) is 0 Å². The van der Waals surface area contributed by atoms with Crippen molar-refractivity contribution in [2.75, 3.05) is 11.4 Å². The monoisotopic (exact) mass is 301 g/mol. The molecule has 1 amide bonds. The maximum Gasteiger partial charge on any atom is 0.416 e. The minimum absolute atomic E-state index is 0.0205. The van der Waals surface area contributed by atoms with Crippen LogP contribution in [0.4, 0.5) is 18.9 Å². The number of alkyl halides is 3. The maximum absolute atomic E-state index is 12.8. The molecule has 1 aliphatic heterocycles. The van der Waals surface area contributed by atoms with Gasteiger partial charge in [0.2, 0.25) is 5.91 Å². The zero-order valence-electron chi connectivity index (χ0n) is 11.3. The highest BCUT2D eigenvalue weighted by Crippen LogP contribution is 2.35. The van der Waals surface area contributed by atoms with E-state index in [0.29, 0.717) is 5.56 Å². The van der Waals surface area contributed by atoms with Crippen molar-refractivity contribution in [2.24, 2.45) is 5.92 Å². The van der Waals surface area contributed by atoms with E-state index < -0.39 is 23.6 Å². The van der Waals surface area contributed by atoms with Gasteiger partial charge in [0.25, 0.3) is 0 Å². The SMILES string of the molecule is Cc1ccc(C(F)(F)F)cc1N1CC(C(=O)O)CCC1=O. The van der Waals surface area contributed by atoms with Gasteiger partial charge in [-0.05, 0) is 31.0 Å². The molecule has 4 nitrogen and oxygen atoms in total. The average molecular weight is 301 g/mol. The van der Waals surface area contributed by atoms with E-state index in [-0.39, 0.29) is 31.0 Å². The van der Waals surface area contributed by atoms with E-state index in [1.54, 1.807) is 6.92 Å². The van der Waals surface area contributed by atoms with Crippen molar-refractivity contribution in [1.29, 1.82) is 0 Å². The van der Waals surface area contributed by atoms with Crippen LogP contribution in [-0.2, 0) is 15.8 Å². The lowest BCUT2D eigenvalue weighted by molar-refractivity contribution is -0.142. The van der Waals surface area contributed by atoms with Crippen LogP contribution in [0, 0.1) is 12.8 Å². The van der Waals surface area contributed by atoms with Crippen molar-refractivity contribution in [1.82, 2.24) is 0 Å². The van der Waals surface area contributed by atoms with Gasteiger partial charge in [0.15, 0.2) is 0 Å². The van der Waals surface area contributed by atoms with Gasteiger partial charge in [0.05, 0.1) is 11.5 Å². The molecule has 1 aromatic rings. The van der Waals surface area contributed by atoms with E-state index in [0.717, 1.165) is 17.0 Å². The zero-order chi connectivity index (χ0) is 15.8. The van der Waals surface area contributed by atoms with Gasteiger partial charge in [-0.1, -0.05) is 6.07 Å². The molecule has 1 aromatic carbocycles. The number of rotatable bonds is 2. The van der Waals surface area contributed by atoms with Crippen molar-refractivity contribution in [2.45, 2.75) is 25.9 Å². The molecular weight excluding hydrogens is 287 g/mol. The Morgan fingerprint density at radius 3 is 2.62 bits per heavy atom. The van der Waals surface area contributed by atoms with Gasteiger partial charge in [-0.2, -0.15) is 13.2 Å². The maximum atomic E-state index is 12.8. The molecule has 1 fully saturated rings. The summed E-state index contributed by atoms with van der Waals surface area (Å²) in [5, 5.41) is 9.02. The Morgan fingerprint density at radius 2 is 2.05 bits per heavy atom. The second-order valence-corrected chi connectivity index (χ2v) is 5.08. The number of halogens is 3. The molecule has 0 saturated carbocycles. The van der Waals surface area contributed by atoms with E-state index >= 15 is 0 Å². The summed E-state index contributed by atoms with van der Waals surface area (Å²) in [7, 11) is 0. The zero-order valence-corrected chi connectivity index (χ0v) is 11.3. The number of nitrogens with zero attached hydrogens (tertiary/aromatic N) is 1. The van der Waals surface area contributed by atoms with Gasteiger partial charge < -0.3 is 10.0 Å². The van der Waals surface area contributed by atoms with Gasteiger partial charge in [-0.3, -0.25) is 9.59 Å². The fraction of sp³-hybridized carbons (Fsp3) is 0.429. The quantitative estimate of drug-likeness (QED) is 0.914. The van der Waals surface area contributed by atoms with Crippen LogP contribution in [0.2, 0.25) is 0 Å². The Kier molecular flexibility index (Phi) is 3.93. The minimum Gasteiger partial charge on any atom is -0.481 e. The number of carbonyl (C=O) groups excluding carboxylic acids is 1. The van der Waals surface area contributed by atoms with Gasteiger partial charge in [-0.15, -0.1) is 0 Å². The molecule has 0 bridgehead atoms. The van der Waals surface area contributed by atoms with Crippen molar-refractivity contribution < 1.29 is 27.9 Å². The van der Waals surface area contributed by atoms with Crippen molar-refractivity contribution in [3.8, 4) is 0 Å². The fourth-order valence-electron chi connectivity index (χ4n) is 2.36. The number of carbonyl (C=O) groups is 2. The van der Waals surface area contributed by atoms with E-state index in [1.807, 2.05) is 0 Å². The summed E-state index contributed by atoms with van der Waals surface area (Å²) < 4.78 is 38.3. The topological polar surface area (TPSA) is 57.6 Å². The summed E-state index contributed by atoms with van der Waals surface area (Å²) in [6.07, 6.45) is -4.27. The summed E-state index contributed by atoms with van der Waals surface area (Å²) in [5.41, 5.74) is -0.225. The average Bonchev–Trinajstić information content (AvgIpc) is 2.38. The van der Waals surface area contributed by atoms with E-state index in [9.17, 15) is 22.8 Å². The number of amides is 1. The number of hydrogen-bond acceptors (Lipinski definition) is 2. The highest BCUT2D eigenvalue weighted by Gasteiger charge is 2.34. The molecule has 1 unspecified atom stereocenters. The molecule has 7 heteroatoms. The van der Waals surface area contributed by atoms with Crippen molar-refractivity contribution >= 4 is 17.6 Å². The highest BCUT2D eigenvalue weighted by atomic mass is 19.4. The normalized spacial score (nSPS) is 19.7. The van der Waals surface area contributed by atoms with Crippen LogP contribution < -0.4 is 4.90 Å². The first-order chi connectivity index (χ1) is 9.70. The molecule has 1 N–H and O–H groups in total. The largest absolute Gasteiger partial charge is 0.481 e. The Bertz CT molecular complexity index is 583.